The van der Waals surface area contributed by atoms with Crippen molar-refractivity contribution < 1.29 is 9.18 Å². The Morgan fingerprint density at radius 1 is 1.15 bits per heavy atom. The molecule has 1 N–H and O–H groups in total. The number of Topliss-reactive ketones (excluding diaryl/α,β-unsaturated/α-hetero) is 1. The Labute approximate surface area is 120 Å². The van der Waals surface area contributed by atoms with E-state index in [2.05, 4.69) is 5.32 Å². The highest BCUT2D eigenvalue weighted by molar-refractivity contribution is 8.04. The summed E-state index contributed by atoms with van der Waals surface area (Å²) in [6, 6.07) is 13.6. The Morgan fingerprint density at radius 3 is 2.65 bits per heavy atom. The van der Waals surface area contributed by atoms with Crippen LogP contribution in [0, 0.1) is 5.82 Å². The number of thioether (sulfide) groups is 1. The summed E-state index contributed by atoms with van der Waals surface area (Å²) in [5, 5.41) is 3.16. The minimum atomic E-state index is -0.302. The normalized spacial score (nSPS) is 13.7. The van der Waals surface area contributed by atoms with E-state index in [9.17, 15) is 9.18 Å². The summed E-state index contributed by atoms with van der Waals surface area (Å²) in [5.41, 5.74) is 2.26. The van der Waals surface area contributed by atoms with Crippen molar-refractivity contribution in [2.24, 2.45) is 0 Å². The van der Waals surface area contributed by atoms with Crippen molar-refractivity contribution in [2.75, 3.05) is 5.32 Å². The smallest absolute Gasteiger partial charge is 0.201 e. The SMILES string of the molecule is CC1=C(C(=O)c2ccccc2)Sc2cc(F)ccc2N1. The fraction of sp³-hybridized carbons (Fsp3) is 0.0625. The first kappa shape index (κ1) is 12.9. The molecule has 0 atom stereocenters. The maximum absolute atomic E-state index is 13.3. The number of allylic oxidation sites excluding steroid dienone is 2. The fourth-order valence-electron chi connectivity index (χ4n) is 2.07. The Morgan fingerprint density at radius 2 is 1.90 bits per heavy atom. The summed E-state index contributed by atoms with van der Waals surface area (Å²) in [6.45, 7) is 1.86. The summed E-state index contributed by atoms with van der Waals surface area (Å²) in [7, 11) is 0. The molecule has 0 saturated carbocycles. The average molecular weight is 285 g/mol. The van der Waals surface area contributed by atoms with Crippen LogP contribution in [-0.4, -0.2) is 5.78 Å². The third-order valence-corrected chi connectivity index (χ3v) is 4.31. The van der Waals surface area contributed by atoms with Crippen LogP contribution in [0.4, 0.5) is 10.1 Å². The van der Waals surface area contributed by atoms with Crippen LogP contribution in [0.2, 0.25) is 0 Å². The summed E-state index contributed by atoms with van der Waals surface area (Å²) in [4.78, 5) is 13.8. The number of nitrogens with one attached hydrogen (secondary N) is 1. The van der Waals surface area contributed by atoms with Gasteiger partial charge >= 0.3 is 0 Å². The quantitative estimate of drug-likeness (QED) is 0.826. The fourth-order valence-corrected chi connectivity index (χ4v) is 3.10. The molecular weight excluding hydrogens is 273 g/mol. The molecule has 1 heterocycles. The molecule has 0 saturated heterocycles. The van der Waals surface area contributed by atoms with Crippen LogP contribution in [0.15, 0.2) is 64.0 Å². The van der Waals surface area contributed by atoms with Gasteiger partial charge < -0.3 is 5.32 Å². The molecule has 2 nitrogen and oxygen atoms in total. The van der Waals surface area contributed by atoms with E-state index >= 15 is 0 Å². The number of hydrogen-bond acceptors (Lipinski definition) is 3. The molecule has 0 radical (unpaired) electrons. The van der Waals surface area contributed by atoms with E-state index in [-0.39, 0.29) is 11.6 Å². The molecule has 0 bridgehead atoms. The highest BCUT2D eigenvalue weighted by atomic mass is 32.2. The molecule has 2 aromatic rings. The van der Waals surface area contributed by atoms with E-state index in [1.54, 1.807) is 18.2 Å². The van der Waals surface area contributed by atoms with Crippen LogP contribution >= 0.6 is 11.8 Å². The number of carbonyl (C=O) groups is 1. The van der Waals surface area contributed by atoms with Gasteiger partial charge in [0, 0.05) is 16.2 Å². The first-order valence-electron chi connectivity index (χ1n) is 6.20. The monoisotopic (exact) mass is 285 g/mol. The second-order valence-electron chi connectivity index (χ2n) is 4.52. The lowest BCUT2D eigenvalue weighted by Gasteiger charge is -2.21. The zero-order valence-electron chi connectivity index (χ0n) is 10.8. The second-order valence-corrected chi connectivity index (χ2v) is 5.57. The van der Waals surface area contributed by atoms with Crippen molar-refractivity contribution in [1.82, 2.24) is 0 Å². The van der Waals surface area contributed by atoms with Crippen molar-refractivity contribution in [3.63, 3.8) is 0 Å². The predicted octanol–water partition coefficient (Wildman–Crippen LogP) is 4.46. The molecule has 0 unspecified atom stereocenters. The summed E-state index contributed by atoms with van der Waals surface area (Å²) in [5.74, 6) is -0.348. The number of carbonyl (C=O) groups excluding carboxylic acids is 1. The molecule has 2 aromatic carbocycles. The minimum absolute atomic E-state index is 0.0458. The average Bonchev–Trinajstić information content (AvgIpc) is 2.47. The van der Waals surface area contributed by atoms with Crippen LogP contribution < -0.4 is 5.32 Å². The number of ketones is 1. The lowest BCUT2D eigenvalue weighted by atomic mass is 10.1. The lowest BCUT2D eigenvalue weighted by molar-refractivity contribution is 0.104. The molecule has 0 amide bonds. The van der Waals surface area contributed by atoms with E-state index in [0.29, 0.717) is 10.5 Å². The molecule has 0 aromatic heterocycles. The van der Waals surface area contributed by atoms with Crippen molar-refractivity contribution in [2.45, 2.75) is 11.8 Å². The van der Waals surface area contributed by atoms with Crippen LogP contribution in [0.1, 0.15) is 17.3 Å². The first-order valence-corrected chi connectivity index (χ1v) is 7.02. The van der Waals surface area contributed by atoms with E-state index in [1.165, 1.54) is 23.9 Å². The molecule has 0 spiro atoms. The van der Waals surface area contributed by atoms with Gasteiger partial charge in [0.1, 0.15) is 5.82 Å². The molecule has 20 heavy (non-hydrogen) atoms. The number of rotatable bonds is 2. The highest BCUT2D eigenvalue weighted by Gasteiger charge is 2.22. The summed E-state index contributed by atoms with van der Waals surface area (Å²) >= 11 is 1.31. The van der Waals surface area contributed by atoms with Gasteiger partial charge in [-0.15, -0.1) is 0 Å². The third-order valence-electron chi connectivity index (χ3n) is 3.06. The number of benzene rings is 2. The maximum atomic E-state index is 13.3. The topological polar surface area (TPSA) is 29.1 Å². The predicted molar refractivity (Wildman–Crippen MR) is 79.4 cm³/mol. The zero-order chi connectivity index (χ0) is 14.1. The van der Waals surface area contributed by atoms with E-state index in [4.69, 9.17) is 0 Å². The van der Waals surface area contributed by atoms with E-state index < -0.39 is 0 Å². The molecular formula is C16H12FNOS. The van der Waals surface area contributed by atoms with Crippen LogP contribution in [0.25, 0.3) is 0 Å². The van der Waals surface area contributed by atoms with Crippen LogP contribution in [-0.2, 0) is 0 Å². The van der Waals surface area contributed by atoms with Crippen molar-refractivity contribution in [1.29, 1.82) is 0 Å². The van der Waals surface area contributed by atoms with E-state index in [1.807, 2.05) is 25.1 Å². The number of halogens is 1. The Hall–Kier alpha value is -2.07. The van der Waals surface area contributed by atoms with Crippen molar-refractivity contribution in [3.05, 3.63) is 70.5 Å². The van der Waals surface area contributed by atoms with Crippen molar-refractivity contribution >= 4 is 23.2 Å². The van der Waals surface area contributed by atoms with Crippen LogP contribution in [0.3, 0.4) is 0 Å². The van der Waals surface area contributed by atoms with Gasteiger partial charge in [0.25, 0.3) is 0 Å². The second kappa shape index (κ2) is 5.13. The molecule has 1 aliphatic rings. The molecule has 100 valence electrons. The Balaban J connectivity index is 1.97. The standard InChI is InChI=1S/C16H12FNOS/c1-10-16(15(19)11-5-3-2-4-6-11)20-14-9-12(17)7-8-13(14)18-10/h2-9,18H,1H3. The van der Waals surface area contributed by atoms with Crippen LogP contribution in [0.5, 0.6) is 0 Å². The van der Waals surface area contributed by atoms with Gasteiger partial charge in [0.2, 0.25) is 5.78 Å². The van der Waals surface area contributed by atoms with Gasteiger partial charge in [-0.3, -0.25) is 4.79 Å². The molecule has 0 aliphatic carbocycles. The Bertz CT molecular complexity index is 710. The van der Waals surface area contributed by atoms with Crippen molar-refractivity contribution in [3.8, 4) is 0 Å². The molecule has 1 aliphatic heterocycles. The molecule has 4 heteroatoms. The highest BCUT2D eigenvalue weighted by Crippen LogP contribution is 2.41. The number of anilines is 1. The largest absolute Gasteiger partial charge is 0.357 e. The van der Waals surface area contributed by atoms with Gasteiger partial charge in [-0.2, -0.15) is 0 Å². The molecule has 3 rings (SSSR count). The number of fused-ring (bicyclic) bond motifs is 1. The van der Waals surface area contributed by atoms with Gasteiger partial charge in [0.05, 0.1) is 10.6 Å². The molecule has 0 fully saturated rings. The summed E-state index contributed by atoms with van der Waals surface area (Å²) < 4.78 is 13.3. The van der Waals surface area contributed by atoms with Gasteiger partial charge in [-0.05, 0) is 25.1 Å². The van der Waals surface area contributed by atoms with E-state index in [0.717, 1.165) is 16.3 Å². The van der Waals surface area contributed by atoms with Gasteiger partial charge in [-0.25, -0.2) is 4.39 Å². The third kappa shape index (κ3) is 2.34. The maximum Gasteiger partial charge on any atom is 0.201 e. The van der Waals surface area contributed by atoms with Gasteiger partial charge in [-0.1, -0.05) is 42.1 Å². The Kier molecular flexibility index (Phi) is 3.32. The zero-order valence-corrected chi connectivity index (χ0v) is 11.6. The first-order chi connectivity index (χ1) is 9.65. The summed E-state index contributed by atoms with van der Waals surface area (Å²) in [6.07, 6.45) is 0. The minimum Gasteiger partial charge on any atom is -0.357 e. The van der Waals surface area contributed by atoms with Gasteiger partial charge in [0.15, 0.2) is 0 Å². The number of hydrogen-bond donors (Lipinski definition) is 1. The lowest BCUT2D eigenvalue weighted by Crippen LogP contribution is -2.12.